The minimum atomic E-state index is -1.36. The zero-order valence-corrected chi connectivity index (χ0v) is 21.0. The van der Waals surface area contributed by atoms with Crippen LogP contribution in [0.2, 0.25) is 5.02 Å². The van der Waals surface area contributed by atoms with Crippen LogP contribution in [0.25, 0.3) is 10.9 Å². The van der Waals surface area contributed by atoms with Gasteiger partial charge in [-0.05, 0) is 37.8 Å². The Morgan fingerprint density at radius 2 is 1.86 bits per heavy atom. The van der Waals surface area contributed by atoms with Gasteiger partial charge < -0.3 is 15.0 Å². The van der Waals surface area contributed by atoms with Crippen LogP contribution in [0.4, 0.5) is 26.1 Å². The van der Waals surface area contributed by atoms with Crippen molar-refractivity contribution in [2.75, 3.05) is 49.6 Å². The number of ether oxygens (including phenoxy) is 1. The molecule has 1 N–H and O–H groups in total. The topological polar surface area (TPSA) is 71.3 Å². The molecule has 1 aliphatic carbocycles. The summed E-state index contributed by atoms with van der Waals surface area (Å²) in [6.07, 6.45) is 2.99. The maximum atomic E-state index is 13.5. The van der Waals surface area contributed by atoms with Crippen molar-refractivity contribution in [2.45, 2.75) is 44.2 Å². The molecular weight excluding hydrogens is 488 g/mol. The van der Waals surface area contributed by atoms with Crippen molar-refractivity contribution < 1.29 is 13.5 Å². The Bertz CT molecular complexity index is 1230. The van der Waals surface area contributed by atoms with E-state index in [0.29, 0.717) is 17.5 Å². The molecular formula is C25H30ClF2N7O. The molecule has 0 amide bonds. The van der Waals surface area contributed by atoms with Crippen molar-refractivity contribution in [2.24, 2.45) is 5.92 Å². The maximum absolute atomic E-state index is 13.5. The molecule has 192 valence electrons. The fourth-order valence-corrected chi connectivity index (χ4v) is 5.80. The minimum absolute atomic E-state index is 0.0466. The van der Waals surface area contributed by atoms with Gasteiger partial charge in [-0.25, -0.2) is 18.7 Å². The van der Waals surface area contributed by atoms with Gasteiger partial charge in [0.2, 0.25) is 5.95 Å². The van der Waals surface area contributed by atoms with Crippen LogP contribution < -0.4 is 10.2 Å². The van der Waals surface area contributed by atoms with E-state index in [0.717, 1.165) is 61.7 Å². The number of nitrogens with one attached hydrogen (secondary N) is 1. The Kier molecular flexibility index (Phi) is 6.21. The molecule has 36 heavy (non-hydrogen) atoms. The second-order valence-electron chi connectivity index (χ2n) is 10.5. The standard InChI is InChI=1S/C25H30ClF2N7O/c1-25(14-36-15-25)34-4-2-33(3-5-34)23-9-22-17(8-19(23)26)10-29-24(32-22)31-18-11-30-35(13-18)12-16-6-20(27)21(28)7-16/h8-11,13,16,20-21H,2-7,12,14-15H2,1H3,(H,29,31,32)/t20-,21-/m0/s1. The maximum Gasteiger partial charge on any atom is 0.227 e. The molecule has 0 radical (unpaired) electrons. The highest BCUT2D eigenvalue weighted by atomic mass is 35.5. The van der Waals surface area contributed by atoms with Gasteiger partial charge in [-0.15, -0.1) is 0 Å². The number of alkyl halides is 2. The number of rotatable bonds is 6. The molecule has 3 fully saturated rings. The molecule has 1 aromatic carbocycles. The van der Waals surface area contributed by atoms with Crippen LogP contribution in [0.15, 0.2) is 30.7 Å². The van der Waals surface area contributed by atoms with Crippen LogP contribution in [0.5, 0.6) is 0 Å². The van der Waals surface area contributed by atoms with Crippen LogP contribution in [-0.2, 0) is 11.3 Å². The lowest BCUT2D eigenvalue weighted by atomic mass is 9.97. The number of hydrogen-bond acceptors (Lipinski definition) is 7. The second-order valence-corrected chi connectivity index (χ2v) is 10.9. The Morgan fingerprint density at radius 3 is 2.56 bits per heavy atom. The summed E-state index contributed by atoms with van der Waals surface area (Å²) in [6, 6.07) is 3.94. The van der Waals surface area contributed by atoms with E-state index >= 15 is 0 Å². The van der Waals surface area contributed by atoms with E-state index in [9.17, 15) is 8.78 Å². The molecule has 2 saturated heterocycles. The van der Waals surface area contributed by atoms with Crippen molar-refractivity contribution >= 4 is 39.8 Å². The Balaban J connectivity index is 1.14. The Hall–Kier alpha value is -2.56. The van der Waals surface area contributed by atoms with Crippen molar-refractivity contribution in [1.82, 2.24) is 24.6 Å². The smallest absolute Gasteiger partial charge is 0.227 e. The van der Waals surface area contributed by atoms with Crippen LogP contribution in [0, 0.1) is 5.92 Å². The fourth-order valence-electron chi connectivity index (χ4n) is 5.51. The first-order chi connectivity index (χ1) is 17.4. The van der Waals surface area contributed by atoms with Crippen molar-refractivity contribution in [3.63, 3.8) is 0 Å². The molecule has 0 bridgehead atoms. The number of aromatic nitrogens is 4. The van der Waals surface area contributed by atoms with E-state index in [1.165, 1.54) is 0 Å². The van der Waals surface area contributed by atoms with Crippen molar-refractivity contribution in [3.8, 4) is 0 Å². The van der Waals surface area contributed by atoms with E-state index in [1.807, 2.05) is 18.3 Å². The average Bonchev–Trinajstić information content (AvgIpc) is 3.42. The molecule has 0 unspecified atom stereocenters. The Labute approximate surface area is 213 Å². The van der Waals surface area contributed by atoms with Gasteiger partial charge in [0.15, 0.2) is 0 Å². The van der Waals surface area contributed by atoms with Gasteiger partial charge in [-0.3, -0.25) is 9.58 Å². The number of benzene rings is 1. The molecule has 4 heterocycles. The van der Waals surface area contributed by atoms with Gasteiger partial charge in [-0.2, -0.15) is 5.10 Å². The fraction of sp³-hybridized carbons (Fsp3) is 0.560. The average molecular weight is 518 g/mol. The number of hydrogen-bond donors (Lipinski definition) is 1. The molecule has 3 aliphatic rings. The number of fused-ring (bicyclic) bond motifs is 1. The lowest BCUT2D eigenvalue weighted by Crippen LogP contribution is -2.64. The van der Waals surface area contributed by atoms with E-state index in [1.54, 1.807) is 17.1 Å². The highest BCUT2D eigenvalue weighted by molar-refractivity contribution is 6.34. The normalized spacial score (nSPS) is 24.8. The first-order valence-electron chi connectivity index (χ1n) is 12.5. The number of anilines is 3. The van der Waals surface area contributed by atoms with Gasteiger partial charge in [0.1, 0.15) is 12.3 Å². The summed E-state index contributed by atoms with van der Waals surface area (Å²) >= 11 is 6.66. The minimum Gasteiger partial charge on any atom is -0.377 e. The van der Waals surface area contributed by atoms with Crippen LogP contribution in [0.1, 0.15) is 19.8 Å². The summed E-state index contributed by atoms with van der Waals surface area (Å²) in [5, 5.41) is 9.07. The first-order valence-corrected chi connectivity index (χ1v) is 12.9. The highest BCUT2D eigenvalue weighted by Gasteiger charge is 2.40. The quantitative estimate of drug-likeness (QED) is 0.525. The van der Waals surface area contributed by atoms with E-state index in [4.69, 9.17) is 21.3 Å². The molecule has 8 nitrogen and oxygen atoms in total. The summed E-state index contributed by atoms with van der Waals surface area (Å²) in [6.45, 7) is 8.06. The largest absolute Gasteiger partial charge is 0.377 e. The summed E-state index contributed by atoms with van der Waals surface area (Å²) in [4.78, 5) is 13.9. The number of halogens is 3. The van der Waals surface area contributed by atoms with E-state index in [2.05, 4.69) is 32.1 Å². The summed E-state index contributed by atoms with van der Waals surface area (Å²) in [5.74, 6) is 0.404. The van der Waals surface area contributed by atoms with Crippen molar-refractivity contribution in [3.05, 3.63) is 35.7 Å². The monoisotopic (exact) mass is 517 g/mol. The molecule has 2 atom stereocenters. The van der Waals surface area contributed by atoms with Gasteiger partial charge in [0.25, 0.3) is 0 Å². The number of piperazine rings is 1. The molecule has 1 saturated carbocycles. The third-order valence-electron chi connectivity index (χ3n) is 7.70. The van der Waals surface area contributed by atoms with Crippen LogP contribution in [0.3, 0.4) is 0 Å². The summed E-state index contributed by atoms with van der Waals surface area (Å²) in [7, 11) is 0. The molecule has 2 aliphatic heterocycles. The number of nitrogens with zero attached hydrogens (tertiary/aromatic N) is 6. The predicted molar refractivity (Wildman–Crippen MR) is 136 cm³/mol. The molecule has 11 heteroatoms. The van der Waals surface area contributed by atoms with E-state index in [-0.39, 0.29) is 24.3 Å². The van der Waals surface area contributed by atoms with Gasteiger partial charge in [0, 0.05) is 50.5 Å². The van der Waals surface area contributed by atoms with Gasteiger partial charge in [0.05, 0.1) is 46.9 Å². The van der Waals surface area contributed by atoms with Crippen LogP contribution >= 0.6 is 11.6 Å². The molecule has 6 rings (SSSR count). The third kappa shape index (κ3) is 4.62. The van der Waals surface area contributed by atoms with Crippen LogP contribution in [-0.4, -0.2) is 81.9 Å². The second kappa shape index (κ2) is 9.39. The van der Waals surface area contributed by atoms with Gasteiger partial charge in [-0.1, -0.05) is 11.6 Å². The lowest BCUT2D eigenvalue weighted by molar-refractivity contribution is -0.131. The molecule has 0 spiro atoms. The lowest BCUT2D eigenvalue weighted by Gasteiger charge is -2.50. The summed E-state index contributed by atoms with van der Waals surface area (Å²) in [5.41, 5.74) is 2.66. The van der Waals surface area contributed by atoms with E-state index < -0.39 is 12.3 Å². The zero-order chi connectivity index (χ0) is 24.9. The van der Waals surface area contributed by atoms with Gasteiger partial charge >= 0.3 is 0 Å². The Morgan fingerprint density at radius 1 is 1.11 bits per heavy atom. The SMILES string of the molecule is CC1(N2CCN(c3cc4nc(Nc5cnn(CC6C[C@H](F)[C@@H](F)C6)c5)ncc4cc3Cl)CC2)COC1. The molecule has 2 aromatic heterocycles. The first kappa shape index (κ1) is 23.8. The zero-order valence-electron chi connectivity index (χ0n) is 20.2. The predicted octanol–water partition coefficient (Wildman–Crippen LogP) is 4.22. The third-order valence-corrected chi connectivity index (χ3v) is 8.01. The molecule has 3 aromatic rings. The van der Waals surface area contributed by atoms with Crippen molar-refractivity contribution in [1.29, 1.82) is 0 Å². The summed E-state index contributed by atoms with van der Waals surface area (Å²) < 4.78 is 34.1. The highest BCUT2D eigenvalue weighted by Crippen LogP contribution is 2.34.